The molecule has 5 saturated heterocycles. The van der Waals surface area contributed by atoms with E-state index in [0.29, 0.717) is 119 Å². The number of allylic oxidation sites excluding steroid dienone is 10. The largest absolute Gasteiger partial charge is 0.367 e. The minimum atomic E-state index is -0.138. The lowest BCUT2D eigenvalue weighted by Gasteiger charge is -2.40. The maximum absolute atomic E-state index is 13.4. The van der Waals surface area contributed by atoms with Crippen molar-refractivity contribution in [2.75, 3.05) is 145 Å². The van der Waals surface area contributed by atoms with Gasteiger partial charge in [-0.1, -0.05) is 184 Å². The Morgan fingerprint density at radius 3 is 0.815 bits per heavy atom. The standard InChI is InChI=1S/C23H24BrN3O2.C22H22BrN3O2.C21H20IN3O2.C21H19IN2O2.C21H20N2O2/c1-15(2)26-10-12-27(13-11-26)21-20(25-17-7-5-6-16(24)14-17)22(28)18-8-3-4-9-19(18)23(21)29;1-2-25-10-12-26(13-11-25)20-19(24-16-7-5-6-15(23)14-16)21(27)17-8-3-4-9-18(17)22(20)28;1-24-10-12-25(13-11-24)19-18(23-15-8-6-14(22)7-9-15)20(26)16-4-2-3-5-17(16)21(19)27;22-14-8-10-15(11-9-14)23-18-19(24-12-4-1-5-13-24)21(26)17-7-3-2-6-16(17)20(18)25;1-14-7-6-8-15(13-14)22-18-19(23-11-4-5-12-23)21(25)17-10-3-2-9-16(17)20(18)24/h3-9,14-15,25H,10-13H2,1-2H3;3-9,14,24H,2,10-13H2,1H3;2-9,23H,10-13H2,1H3;2-3,6-11,23H,1,4-5,12-13H2;2-3,6-10,13,22H,4-5,11-12H2,1H3. The topological polar surface area (TPSA) is 257 Å². The number of Topliss-reactive ketones (excluding diaryl/α,β-unsaturated/α-hetero) is 10. The number of halogens is 4. The quantitative estimate of drug-likeness (QED) is 0.0531. The Hall–Kier alpha value is -12.1. The number of hydrogen-bond donors (Lipinski definition) is 5. The van der Waals surface area contributed by atoms with Crippen LogP contribution in [0, 0.1) is 14.1 Å². The molecule has 5 fully saturated rings. The fraction of sp³-hybridized carbons (Fsp3) is 0.259. The molecule has 5 heterocycles. The monoisotopic (exact) mass is 2160 g/mol. The molecule has 10 aromatic carbocycles. The number of likely N-dealkylation sites (tertiary alicyclic amines) is 2. The van der Waals surface area contributed by atoms with Crippen LogP contribution in [-0.2, 0) is 0 Å². The zero-order chi connectivity index (χ0) is 94.7. The predicted molar refractivity (Wildman–Crippen MR) is 554 cm³/mol. The second kappa shape index (κ2) is 43.7. The van der Waals surface area contributed by atoms with Crippen LogP contribution in [0.4, 0.5) is 28.4 Å². The second-order valence-electron chi connectivity index (χ2n) is 34.7. The summed E-state index contributed by atoms with van der Waals surface area (Å²) in [5, 5.41) is 16.2. The Bertz CT molecular complexity index is 6470. The van der Waals surface area contributed by atoms with Crippen LogP contribution < -0.4 is 26.6 Å². The van der Waals surface area contributed by atoms with E-state index in [1.807, 2.05) is 168 Å². The Balaban J connectivity index is 0.000000123. The number of carbonyl (C=O) groups excluding carboxylic acids is 10. The van der Waals surface area contributed by atoms with E-state index in [9.17, 15) is 47.9 Å². The van der Waals surface area contributed by atoms with Crippen molar-refractivity contribution in [3.63, 3.8) is 0 Å². The minimum Gasteiger partial charge on any atom is -0.367 e. The van der Waals surface area contributed by atoms with Gasteiger partial charge in [0, 0.05) is 211 Å². The molecule has 23 nitrogen and oxygen atoms in total. The summed E-state index contributed by atoms with van der Waals surface area (Å²) >= 11 is 11.4. The summed E-state index contributed by atoms with van der Waals surface area (Å²) < 4.78 is 4.05. The second-order valence-corrected chi connectivity index (χ2v) is 39.1. The van der Waals surface area contributed by atoms with E-state index in [2.05, 4.69) is 161 Å². The number of hydrogen-bond acceptors (Lipinski definition) is 23. The number of likely N-dealkylation sites (N-methyl/N-ethyl adjacent to an activating group) is 2. The van der Waals surface area contributed by atoms with Gasteiger partial charge >= 0.3 is 0 Å². The lowest BCUT2D eigenvalue weighted by molar-refractivity contribution is 0.0882. The molecule has 5 aliphatic heterocycles. The number of anilines is 5. The molecule has 10 aromatic rings. The minimum absolute atomic E-state index is 0.0601. The van der Waals surface area contributed by atoms with Gasteiger partial charge < -0.3 is 60.9 Å². The van der Waals surface area contributed by atoms with Gasteiger partial charge in [0.15, 0.2) is 0 Å². The third kappa shape index (κ3) is 21.7. The van der Waals surface area contributed by atoms with Crippen LogP contribution in [0.15, 0.2) is 309 Å². The van der Waals surface area contributed by atoms with Crippen molar-refractivity contribution >= 4 is 163 Å². The summed E-state index contributed by atoms with van der Waals surface area (Å²) in [5.74, 6) is -1.00. The van der Waals surface area contributed by atoms with E-state index in [1.54, 1.807) is 91.0 Å². The summed E-state index contributed by atoms with van der Waals surface area (Å²) in [4.78, 5) is 150. The van der Waals surface area contributed by atoms with Crippen molar-refractivity contribution < 1.29 is 47.9 Å². The van der Waals surface area contributed by atoms with E-state index in [1.165, 1.54) is 6.42 Å². The highest BCUT2D eigenvalue weighted by molar-refractivity contribution is 14.1. The van der Waals surface area contributed by atoms with E-state index in [-0.39, 0.29) is 57.8 Å². The Labute approximate surface area is 831 Å². The molecule has 690 valence electrons. The number of piperidine rings is 1. The molecule has 10 aliphatic rings. The molecule has 0 radical (unpaired) electrons. The van der Waals surface area contributed by atoms with E-state index < -0.39 is 0 Å². The molecule has 0 bridgehead atoms. The first-order valence-corrected chi connectivity index (χ1v) is 49.6. The zero-order valence-corrected chi connectivity index (χ0v) is 83.4. The highest BCUT2D eigenvalue weighted by atomic mass is 127. The van der Waals surface area contributed by atoms with Gasteiger partial charge in [-0.3, -0.25) is 52.8 Å². The maximum Gasteiger partial charge on any atom is 0.212 e. The number of aryl methyl sites for hydroxylation is 1. The number of fused-ring (bicyclic) bond motifs is 5. The molecule has 135 heavy (non-hydrogen) atoms. The summed E-state index contributed by atoms with van der Waals surface area (Å²) in [6.45, 7) is 22.3. The van der Waals surface area contributed by atoms with Gasteiger partial charge in [0.05, 0.1) is 0 Å². The van der Waals surface area contributed by atoms with Gasteiger partial charge in [0.1, 0.15) is 57.0 Å². The molecule has 0 amide bonds. The molecular formula is C108H105Br2I2N13O10. The van der Waals surface area contributed by atoms with Crippen LogP contribution in [0.1, 0.15) is 162 Å². The van der Waals surface area contributed by atoms with Gasteiger partial charge in [-0.05, 0) is 214 Å². The SMILES string of the molecule is CC(C)N1CCN(C2=C(Nc3cccc(Br)c3)C(=O)c3ccccc3C2=O)CC1.CCN1CCN(C2=C(Nc3cccc(Br)c3)C(=O)c3ccccc3C2=O)CC1.CN1CCN(C2=C(Nc3ccc(I)cc3)C(=O)c3ccccc3C2=O)CC1.Cc1cccc(NC2=C(N3CCCC3)C(=O)c3ccccc3C2=O)c1.O=C1C(Nc2ccc(I)cc2)=C(N2CCCCC2)C(=O)c2ccccc21. The molecule has 5 N–H and O–H groups in total. The van der Waals surface area contributed by atoms with Crippen LogP contribution in [0.25, 0.3) is 0 Å². The fourth-order valence-corrected chi connectivity index (χ4v) is 19.9. The highest BCUT2D eigenvalue weighted by Crippen LogP contribution is 2.39. The first-order valence-electron chi connectivity index (χ1n) is 45.9. The molecule has 0 aromatic heterocycles. The number of nitrogens with zero attached hydrogens (tertiary/aromatic N) is 8. The number of ketones is 10. The van der Waals surface area contributed by atoms with Crippen molar-refractivity contribution in [1.29, 1.82) is 0 Å². The molecular weight excluding hydrogens is 2050 g/mol. The first-order chi connectivity index (χ1) is 65.4. The molecule has 0 atom stereocenters. The van der Waals surface area contributed by atoms with E-state index in [0.717, 1.165) is 187 Å². The summed E-state index contributed by atoms with van der Waals surface area (Å²) in [6.07, 6.45) is 5.35. The first kappa shape index (κ1) is 96.0. The third-order valence-electron chi connectivity index (χ3n) is 25.6. The van der Waals surface area contributed by atoms with Crippen LogP contribution in [-0.4, -0.2) is 221 Å². The number of piperazine rings is 3. The fourth-order valence-electron chi connectivity index (χ4n) is 18.4. The molecule has 5 aliphatic carbocycles. The molecule has 20 rings (SSSR count). The van der Waals surface area contributed by atoms with Gasteiger partial charge in [-0.15, -0.1) is 0 Å². The average Bonchev–Trinajstić information content (AvgIpc) is 1.54. The van der Waals surface area contributed by atoms with Crippen molar-refractivity contribution in [2.24, 2.45) is 0 Å². The maximum atomic E-state index is 13.4. The van der Waals surface area contributed by atoms with Crippen molar-refractivity contribution in [1.82, 2.24) is 39.2 Å². The lowest BCUT2D eigenvalue weighted by Crippen LogP contribution is -2.50. The highest BCUT2D eigenvalue weighted by Gasteiger charge is 2.43. The predicted octanol–water partition coefficient (Wildman–Crippen LogP) is 19.5. The van der Waals surface area contributed by atoms with Crippen LogP contribution in [0.3, 0.4) is 0 Å². The summed E-state index contributed by atoms with van der Waals surface area (Å²) in [7, 11) is 2.07. The van der Waals surface area contributed by atoms with Crippen LogP contribution in [0.5, 0.6) is 0 Å². The van der Waals surface area contributed by atoms with Crippen molar-refractivity contribution in [2.45, 2.75) is 65.8 Å². The van der Waals surface area contributed by atoms with Crippen LogP contribution >= 0.6 is 77.0 Å². The summed E-state index contributed by atoms with van der Waals surface area (Å²) in [6, 6.07) is 74.6. The normalized spacial score (nSPS) is 17.6. The van der Waals surface area contributed by atoms with Gasteiger partial charge in [0.2, 0.25) is 57.8 Å². The van der Waals surface area contributed by atoms with Gasteiger partial charge in [0.25, 0.3) is 0 Å². The zero-order valence-electron chi connectivity index (χ0n) is 75.9. The number of rotatable bonds is 17. The van der Waals surface area contributed by atoms with Crippen molar-refractivity contribution in [3.05, 3.63) is 377 Å². The lowest BCUT2D eigenvalue weighted by atomic mass is 9.89. The molecule has 0 unspecified atom stereocenters. The van der Waals surface area contributed by atoms with Crippen molar-refractivity contribution in [3.8, 4) is 0 Å². The molecule has 0 spiro atoms. The smallest absolute Gasteiger partial charge is 0.212 e. The van der Waals surface area contributed by atoms with E-state index >= 15 is 0 Å². The molecule has 27 heteroatoms. The van der Waals surface area contributed by atoms with E-state index in [4.69, 9.17) is 0 Å². The van der Waals surface area contributed by atoms with Gasteiger partial charge in [-0.25, -0.2) is 0 Å². The van der Waals surface area contributed by atoms with Gasteiger partial charge in [-0.2, -0.15) is 0 Å². The molecule has 0 saturated carbocycles. The average molecular weight is 2160 g/mol. The number of nitrogens with one attached hydrogen (secondary N) is 5. The Kier molecular flexibility index (Phi) is 31.1. The third-order valence-corrected chi connectivity index (χ3v) is 28.0. The van der Waals surface area contributed by atoms with Crippen LogP contribution in [0.2, 0.25) is 0 Å². The Morgan fingerprint density at radius 2 is 0.533 bits per heavy atom. The number of benzene rings is 10. The number of carbonyl (C=O) groups is 10. The summed E-state index contributed by atoms with van der Waals surface area (Å²) in [5.41, 5.74) is 14.3. The Morgan fingerprint density at radius 1 is 0.281 bits per heavy atom.